The van der Waals surface area contributed by atoms with Crippen molar-refractivity contribution in [2.45, 2.75) is 58.4 Å². The number of carbonyl (C=O) groups is 1. The molecule has 0 bridgehead atoms. The molecule has 1 aliphatic rings. The molecule has 2 rings (SSSR count). The summed E-state index contributed by atoms with van der Waals surface area (Å²) in [6.07, 6.45) is 2.55. The number of esters is 1. The second-order valence-electron chi connectivity index (χ2n) is 7.86. The van der Waals surface area contributed by atoms with E-state index >= 15 is 0 Å². The van der Waals surface area contributed by atoms with Crippen LogP contribution in [0.25, 0.3) is 0 Å². The van der Waals surface area contributed by atoms with E-state index in [2.05, 4.69) is 46.0 Å². The average Bonchev–Trinajstić information content (AvgIpc) is 2.53. The molecule has 0 saturated heterocycles. The van der Waals surface area contributed by atoms with Gasteiger partial charge in [-0.15, -0.1) is 0 Å². The molecule has 1 aromatic rings. The lowest BCUT2D eigenvalue weighted by atomic mass is 9.93. The number of ether oxygens (including phenoxy) is 2. The van der Waals surface area contributed by atoms with E-state index in [1.807, 2.05) is 18.2 Å². The molecule has 0 spiro atoms. The molecule has 0 amide bonds. The Kier molecular flexibility index (Phi) is 6.11. The Morgan fingerprint density at radius 3 is 2.56 bits per heavy atom. The standard InChI is InChI=1S/C20H30O4Si/c1-7-22-18(21)14-23-17-13-12-15-10-8-9-11-16(15)19(17)24-25(5,6)20(2,3)4/h8-11,13,19H,7,12,14H2,1-6H3/t19-/m0/s1. The zero-order chi connectivity index (χ0) is 18.7. The van der Waals surface area contributed by atoms with Crippen LogP contribution in [0.15, 0.2) is 36.1 Å². The van der Waals surface area contributed by atoms with Crippen LogP contribution in [-0.2, 0) is 25.1 Å². The van der Waals surface area contributed by atoms with Gasteiger partial charge in [-0.3, -0.25) is 0 Å². The molecular formula is C20H30O4Si. The summed E-state index contributed by atoms with van der Waals surface area (Å²) >= 11 is 0. The highest BCUT2D eigenvalue weighted by Crippen LogP contribution is 2.43. The average molecular weight is 363 g/mol. The van der Waals surface area contributed by atoms with Crippen LogP contribution < -0.4 is 0 Å². The van der Waals surface area contributed by atoms with Gasteiger partial charge < -0.3 is 13.9 Å². The first-order valence-electron chi connectivity index (χ1n) is 8.90. The molecule has 0 saturated carbocycles. The lowest BCUT2D eigenvalue weighted by molar-refractivity contribution is -0.147. The van der Waals surface area contributed by atoms with Gasteiger partial charge in [0.15, 0.2) is 14.9 Å². The van der Waals surface area contributed by atoms with Gasteiger partial charge in [-0.1, -0.05) is 45.0 Å². The van der Waals surface area contributed by atoms with E-state index < -0.39 is 8.32 Å². The van der Waals surface area contributed by atoms with E-state index in [0.717, 1.165) is 17.7 Å². The van der Waals surface area contributed by atoms with E-state index in [9.17, 15) is 4.79 Å². The van der Waals surface area contributed by atoms with Crippen molar-refractivity contribution in [1.82, 2.24) is 0 Å². The van der Waals surface area contributed by atoms with E-state index in [0.29, 0.717) is 6.61 Å². The van der Waals surface area contributed by atoms with E-state index in [1.165, 1.54) is 5.56 Å². The number of allylic oxidation sites excluding steroid dienone is 1. The van der Waals surface area contributed by atoms with Gasteiger partial charge in [0.25, 0.3) is 0 Å². The van der Waals surface area contributed by atoms with Crippen LogP contribution in [0.1, 0.15) is 44.9 Å². The number of carbonyl (C=O) groups excluding carboxylic acids is 1. The molecule has 0 aromatic heterocycles. The summed E-state index contributed by atoms with van der Waals surface area (Å²) in [5, 5.41) is 0.0889. The zero-order valence-electron chi connectivity index (χ0n) is 16.2. The predicted molar refractivity (Wildman–Crippen MR) is 102 cm³/mol. The summed E-state index contributed by atoms with van der Waals surface area (Å²) < 4.78 is 17.4. The smallest absolute Gasteiger partial charge is 0.344 e. The van der Waals surface area contributed by atoms with Gasteiger partial charge in [-0.2, -0.15) is 0 Å². The molecule has 5 heteroatoms. The fraction of sp³-hybridized carbons (Fsp3) is 0.550. The van der Waals surface area contributed by atoms with Gasteiger partial charge in [0.1, 0.15) is 11.9 Å². The Morgan fingerprint density at radius 2 is 1.92 bits per heavy atom. The molecule has 4 nitrogen and oxygen atoms in total. The highest BCUT2D eigenvalue weighted by atomic mass is 28.4. The molecule has 0 aliphatic heterocycles. The topological polar surface area (TPSA) is 44.8 Å². The maximum absolute atomic E-state index is 11.7. The molecule has 0 N–H and O–H groups in total. The van der Waals surface area contributed by atoms with Crippen molar-refractivity contribution < 1.29 is 18.7 Å². The minimum absolute atomic E-state index is 0.0841. The van der Waals surface area contributed by atoms with E-state index in [4.69, 9.17) is 13.9 Å². The lowest BCUT2D eigenvalue weighted by Crippen LogP contribution is -2.42. The van der Waals surface area contributed by atoms with Crippen molar-refractivity contribution >= 4 is 14.3 Å². The summed E-state index contributed by atoms with van der Waals surface area (Å²) in [6, 6.07) is 8.28. The van der Waals surface area contributed by atoms with E-state index in [1.54, 1.807) is 6.92 Å². The Balaban J connectivity index is 2.26. The molecule has 1 atom stereocenters. The molecule has 138 valence electrons. The Hall–Kier alpha value is -1.59. The summed E-state index contributed by atoms with van der Waals surface area (Å²) in [5.74, 6) is 0.366. The van der Waals surface area contributed by atoms with Crippen molar-refractivity contribution in [3.05, 3.63) is 47.2 Å². The third-order valence-corrected chi connectivity index (χ3v) is 9.44. The predicted octanol–water partition coefficient (Wildman–Crippen LogP) is 4.77. The van der Waals surface area contributed by atoms with Crippen molar-refractivity contribution in [2.75, 3.05) is 13.2 Å². The summed E-state index contributed by atoms with van der Waals surface area (Å²) in [4.78, 5) is 11.7. The summed E-state index contributed by atoms with van der Waals surface area (Å²) in [7, 11) is -2.01. The number of benzene rings is 1. The molecule has 0 heterocycles. The van der Waals surface area contributed by atoms with Crippen molar-refractivity contribution in [2.24, 2.45) is 0 Å². The van der Waals surface area contributed by atoms with Crippen LogP contribution in [-0.4, -0.2) is 27.5 Å². The highest BCUT2D eigenvalue weighted by molar-refractivity contribution is 6.74. The molecular weight excluding hydrogens is 332 g/mol. The van der Waals surface area contributed by atoms with Gasteiger partial charge in [-0.25, -0.2) is 4.79 Å². The van der Waals surface area contributed by atoms with Crippen molar-refractivity contribution in [3.8, 4) is 0 Å². The van der Waals surface area contributed by atoms with Crippen molar-refractivity contribution in [3.63, 3.8) is 0 Å². The van der Waals surface area contributed by atoms with Gasteiger partial charge >= 0.3 is 5.97 Å². The minimum atomic E-state index is -2.01. The second kappa shape index (κ2) is 7.75. The van der Waals surface area contributed by atoms with Crippen molar-refractivity contribution in [1.29, 1.82) is 0 Å². The third-order valence-electron chi connectivity index (χ3n) is 5.00. The first-order valence-corrected chi connectivity index (χ1v) is 11.8. The van der Waals surface area contributed by atoms with Gasteiger partial charge in [0.2, 0.25) is 0 Å². The maximum Gasteiger partial charge on any atom is 0.344 e. The summed E-state index contributed by atoms with van der Waals surface area (Å²) in [6.45, 7) is 13.2. The number of hydrogen-bond donors (Lipinski definition) is 0. The molecule has 0 unspecified atom stereocenters. The summed E-state index contributed by atoms with van der Waals surface area (Å²) in [5.41, 5.74) is 2.38. The van der Waals surface area contributed by atoms with Crippen LogP contribution in [0, 0.1) is 0 Å². The van der Waals surface area contributed by atoms with Gasteiger partial charge in [-0.05, 0) is 48.7 Å². The largest absolute Gasteiger partial charge is 0.483 e. The molecule has 1 aliphatic carbocycles. The fourth-order valence-corrected chi connectivity index (χ4v) is 3.71. The molecule has 0 radical (unpaired) electrons. The first-order chi connectivity index (χ1) is 11.7. The SMILES string of the molecule is CCOC(=O)COC1=CCc2ccccc2[C@@H]1O[Si](C)(C)C(C)(C)C. The van der Waals surface area contributed by atoms with Gasteiger partial charge in [0.05, 0.1) is 6.61 Å². The number of rotatable bonds is 6. The fourth-order valence-electron chi connectivity index (χ4n) is 2.52. The third kappa shape index (κ3) is 4.73. The van der Waals surface area contributed by atoms with E-state index in [-0.39, 0.29) is 23.7 Å². The van der Waals surface area contributed by atoms with Crippen LogP contribution in [0.3, 0.4) is 0 Å². The monoisotopic (exact) mass is 362 g/mol. The number of hydrogen-bond acceptors (Lipinski definition) is 4. The second-order valence-corrected chi connectivity index (χ2v) is 12.6. The minimum Gasteiger partial charge on any atom is -0.483 e. The Morgan fingerprint density at radius 1 is 1.24 bits per heavy atom. The zero-order valence-corrected chi connectivity index (χ0v) is 17.2. The quantitative estimate of drug-likeness (QED) is 0.540. The maximum atomic E-state index is 11.7. The molecule has 1 aromatic carbocycles. The first kappa shape index (κ1) is 19.7. The lowest BCUT2D eigenvalue weighted by Gasteiger charge is -2.41. The normalized spacial score (nSPS) is 17.5. The van der Waals surface area contributed by atoms with Crippen LogP contribution >= 0.6 is 0 Å². The highest BCUT2D eigenvalue weighted by Gasteiger charge is 2.41. The Labute approximate surface area is 152 Å². The number of fused-ring (bicyclic) bond motifs is 1. The van der Waals surface area contributed by atoms with Gasteiger partial charge in [0, 0.05) is 0 Å². The molecule has 0 fully saturated rings. The van der Waals surface area contributed by atoms with Crippen LogP contribution in [0.4, 0.5) is 0 Å². The molecule has 25 heavy (non-hydrogen) atoms. The Bertz CT molecular complexity index is 643. The van der Waals surface area contributed by atoms with Crippen LogP contribution in [0.2, 0.25) is 18.1 Å². The van der Waals surface area contributed by atoms with Crippen LogP contribution in [0.5, 0.6) is 0 Å².